The van der Waals surface area contributed by atoms with Crippen molar-refractivity contribution in [3.8, 4) is 0 Å². The molecular formula is C19H21FN4O2. The molecule has 0 radical (unpaired) electrons. The summed E-state index contributed by atoms with van der Waals surface area (Å²) in [6.45, 7) is 5.81. The van der Waals surface area contributed by atoms with Gasteiger partial charge < -0.3 is 20.8 Å². The van der Waals surface area contributed by atoms with Gasteiger partial charge in [-0.25, -0.2) is 14.2 Å². The number of benzene rings is 1. The number of hydrogen-bond donors (Lipinski definition) is 3. The first-order chi connectivity index (χ1) is 12.3. The number of carbonyl (C=O) groups excluding carboxylic acids is 1. The topological polar surface area (TPSA) is 93.2 Å². The number of aromatic nitrogens is 1. The summed E-state index contributed by atoms with van der Waals surface area (Å²) in [5, 5.41) is 6.34. The lowest BCUT2D eigenvalue weighted by Gasteiger charge is -2.21. The van der Waals surface area contributed by atoms with Crippen molar-refractivity contribution in [2.75, 3.05) is 11.1 Å². The third-order valence-corrected chi connectivity index (χ3v) is 4.22. The van der Waals surface area contributed by atoms with Gasteiger partial charge in [0.05, 0.1) is 17.9 Å². The fraction of sp³-hybridized carbons (Fsp3) is 0.263. The number of rotatable bonds is 4. The number of halogens is 1. The molecule has 26 heavy (non-hydrogen) atoms. The van der Waals surface area contributed by atoms with Crippen LogP contribution in [0.15, 0.2) is 40.9 Å². The van der Waals surface area contributed by atoms with Crippen LogP contribution in [-0.4, -0.2) is 11.0 Å². The second-order valence-electron chi connectivity index (χ2n) is 6.52. The predicted molar refractivity (Wildman–Crippen MR) is 99.3 cm³/mol. The number of carbonyl (C=O) groups is 1. The van der Waals surface area contributed by atoms with Crippen LogP contribution in [0.5, 0.6) is 0 Å². The summed E-state index contributed by atoms with van der Waals surface area (Å²) in [6, 6.07) is 6.91. The number of nitrogens with zero attached hydrogens (tertiary/aromatic N) is 1. The zero-order valence-corrected chi connectivity index (χ0v) is 14.8. The highest BCUT2D eigenvalue weighted by Gasteiger charge is 2.25. The average molecular weight is 356 g/mol. The molecule has 3 rings (SSSR count). The van der Waals surface area contributed by atoms with Crippen molar-refractivity contribution in [1.29, 1.82) is 0 Å². The monoisotopic (exact) mass is 356 g/mol. The molecule has 1 aromatic carbocycles. The summed E-state index contributed by atoms with van der Waals surface area (Å²) in [5.41, 5.74) is 7.47. The van der Waals surface area contributed by atoms with E-state index in [0.29, 0.717) is 28.2 Å². The summed E-state index contributed by atoms with van der Waals surface area (Å²) in [5.74, 6) is 0.734. The number of amides is 2. The van der Waals surface area contributed by atoms with Crippen molar-refractivity contribution in [2.24, 2.45) is 5.92 Å². The maximum Gasteiger partial charge on any atom is 0.319 e. The largest absolute Gasteiger partial charge is 0.459 e. The van der Waals surface area contributed by atoms with E-state index >= 15 is 0 Å². The third kappa shape index (κ3) is 3.61. The number of anilines is 2. The molecule has 6 nitrogen and oxygen atoms in total. The van der Waals surface area contributed by atoms with Crippen LogP contribution in [0.2, 0.25) is 0 Å². The third-order valence-electron chi connectivity index (χ3n) is 4.22. The molecule has 2 aromatic heterocycles. The van der Waals surface area contributed by atoms with Gasteiger partial charge in [0, 0.05) is 10.9 Å². The van der Waals surface area contributed by atoms with Gasteiger partial charge in [0.15, 0.2) is 0 Å². The van der Waals surface area contributed by atoms with Gasteiger partial charge in [-0.15, -0.1) is 0 Å². The van der Waals surface area contributed by atoms with Crippen LogP contribution in [0.3, 0.4) is 0 Å². The van der Waals surface area contributed by atoms with Crippen LogP contribution in [-0.2, 0) is 0 Å². The Hall–Kier alpha value is -3.09. The number of hydrogen-bond acceptors (Lipinski definition) is 4. The lowest BCUT2D eigenvalue weighted by Crippen LogP contribution is -2.35. The highest BCUT2D eigenvalue weighted by Crippen LogP contribution is 2.33. The van der Waals surface area contributed by atoms with Crippen molar-refractivity contribution >= 4 is 28.5 Å². The molecule has 4 N–H and O–H groups in total. The molecule has 2 heterocycles. The van der Waals surface area contributed by atoms with Gasteiger partial charge in [-0.2, -0.15) is 0 Å². The van der Waals surface area contributed by atoms with Crippen molar-refractivity contribution in [1.82, 2.24) is 10.3 Å². The Morgan fingerprint density at radius 1 is 1.27 bits per heavy atom. The number of aryl methyl sites for hydroxylation is 1. The molecular weight excluding hydrogens is 335 g/mol. The molecule has 1 atom stereocenters. The van der Waals surface area contributed by atoms with Crippen molar-refractivity contribution < 1.29 is 13.6 Å². The van der Waals surface area contributed by atoms with Crippen LogP contribution in [0.4, 0.5) is 20.7 Å². The van der Waals surface area contributed by atoms with Gasteiger partial charge in [-0.3, -0.25) is 0 Å². The molecule has 136 valence electrons. The number of pyridine rings is 1. The van der Waals surface area contributed by atoms with Gasteiger partial charge in [0.2, 0.25) is 0 Å². The van der Waals surface area contributed by atoms with E-state index in [1.54, 1.807) is 18.2 Å². The first-order valence-corrected chi connectivity index (χ1v) is 8.32. The van der Waals surface area contributed by atoms with Crippen molar-refractivity contribution in [3.63, 3.8) is 0 Å². The first kappa shape index (κ1) is 17.7. The maximum atomic E-state index is 13.5. The molecule has 0 unspecified atom stereocenters. The molecule has 0 saturated carbocycles. The number of nitrogens with one attached hydrogen (secondary N) is 2. The second kappa shape index (κ2) is 7.03. The van der Waals surface area contributed by atoms with Crippen LogP contribution < -0.4 is 16.4 Å². The molecule has 0 aliphatic rings. The molecule has 0 aliphatic heterocycles. The van der Waals surface area contributed by atoms with E-state index < -0.39 is 0 Å². The van der Waals surface area contributed by atoms with E-state index in [1.165, 1.54) is 18.3 Å². The predicted octanol–water partition coefficient (Wildman–Crippen LogP) is 4.38. The first-order valence-electron chi connectivity index (χ1n) is 8.32. The fourth-order valence-electron chi connectivity index (χ4n) is 2.83. The lowest BCUT2D eigenvalue weighted by molar-refractivity contribution is 0.241. The zero-order valence-electron chi connectivity index (χ0n) is 14.8. The minimum Gasteiger partial charge on any atom is -0.459 e. The van der Waals surface area contributed by atoms with E-state index in [2.05, 4.69) is 15.6 Å². The number of nitrogens with two attached hydrogens (primary N) is 1. The Labute approximate surface area is 150 Å². The quantitative estimate of drug-likeness (QED) is 0.647. The number of furan rings is 1. The summed E-state index contributed by atoms with van der Waals surface area (Å²) in [4.78, 5) is 16.3. The molecule has 2 amide bonds. The second-order valence-corrected chi connectivity index (χ2v) is 6.52. The Bertz CT molecular complexity index is 935. The fourth-order valence-corrected chi connectivity index (χ4v) is 2.83. The number of urea groups is 1. The van der Waals surface area contributed by atoms with Crippen LogP contribution in [0.25, 0.3) is 11.0 Å². The van der Waals surface area contributed by atoms with E-state index in [-0.39, 0.29) is 23.8 Å². The maximum absolute atomic E-state index is 13.5. The van der Waals surface area contributed by atoms with Gasteiger partial charge in [-0.05, 0) is 43.2 Å². The molecule has 0 fully saturated rings. The summed E-state index contributed by atoms with van der Waals surface area (Å²) in [7, 11) is 0. The summed E-state index contributed by atoms with van der Waals surface area (Å²) < 4.78 is 19.4. The van der Waals surface area contributed by atoms with E-state index in [1.807, 2.05) is 20.8 Å². The van der Waals surface area contributed by atoms with E-state index in [9.17, 15) is 9.18 Å². The smallest absolute Gasteiger partial charge is 0.319 e. The molecule has 0 saturated heterocycles. The Morgan fingerprint density at radius 2 is 2.04 bits per heavy atom. The normalized spacial score (nSPS) is 12.3. The highest BCUT2D eigenvalue weighted by atomic mass is 19.1. The van der Waals surface area contributed by atoms with Crippen LogP contribution in [0, 0.1) is 18.7 Å². The molecule has 0 aliphatic carbocycles. The van der Waals surface area contributed by atoms with Gasteiger partial charge in [0.1, 0.15) is 23.0 Å². The SMILES string of the molecule is Cc1c([C@@H](NC(=O)Nc2ccc(N)nc2)C(C)C)oc2ccc(F)cc12. The standard InChI is InChI=1S/C19H21FN4O2/c1-10(2)17(24-19(25)23-13-5-7-16(21)22-9-13)18-11(3)14-8-12(20)4-6-15(14)26-18/h4-10,17H,1-3H3,(H2,21,22)(H2,23,24,25)/t17-/m0/s1. The summed E-state index contributed by atoms with van der Waals surface area (Å²) in [6.07, 6.45) is 1.48. The van der Waals surface area contributed by atoms with Crippen LogP contribution in [0.1, 0.15) is 31.2 Å². The lowest BCUT2D eigenvalue weighted by atomic mass is 9.98. The Balaban J connectivity index is 1.84. The van der Waals surface area contributed by atoms with Gasteiger partial charge in [0.25, 0.3) is 0 Å². The van der Waals surface area contributed by atoms with E-state index in [4.69, 9.17) is 10.2 Å². The Morgan fingerprint density at radius 3 is 2.69 bits per heavy atom. The van der Waals surface area contributed by atoms with Crippen molar-refractivity contribution in [3.05, 3.63) is 53.7 Å². The molecule has 3 aromatic rings. The molecule has 7 heteroatoms. The van der Waals surface area contributed by atoms with E-state index in [0.717, 1.165) is 5.56 Å². The Kier molecular flexibility index (Phi) is 4.79. The minimum absolute atomic E-state index is 0.0643. The van der Waals surface area contributed by atoms with Gasteiger partial charge >= 0.3 is 6.03 Å². The molecule has 0 spiro atoms. The minimum atomic E-state index is -0.388. The van der Waals surface area contributed by atoms with Crippen LogP contribution >= 0.6 is 0 Å². The average Bonchev–Trinajstić information content (AvgIpc) is 2.91. The number of nitrogen functional groups attached to an aromatic ring is 1. The number of fused-ring (bicyclic) bond motifs is 1. The van der Waals surface area contributed by atoms with Crippen molar-refractivity contribution in [2.45, 2.75) is 26.8 Å². The summed E-state index contributed by atoms with van der Waals surface area (Å²) >= 11 is 0. The highest BCUT2D eigenvalue weighted by molar-refractivity contribution is 5.89. The van der Waals surface area contributed by atoms with Gasteiger partial charge in [-0.1, -0.05) is 13.8 Å². The zero-order chi connectivity index (χ0) is 18.8. The molecule has 0 bridgehead atoms.